The molecule has 27 heavy (non-hydrogen) atoms. The molecule has 2 aromatic carbocycles. The number of hydrogen-bond acceptors (Lipinski definition) is 5. The predicted octanol–water partition coefficient (Wildman–Crippen LogP) is 5.19. The number of aromatic nitrogens is 2. The summed E-state index contributed by atoms with van der Waals surface area (Å²) in [5.74, 6) is 1.05. The summed E-state index contributed by atoms with van der Waals surface area (Å²) in [6.07, 6.45) is 0. The van der Waals surface area contributed by atoms with Crippen LogP contribution in [-0.2, 0) is 4.79 Å². The lowest BCUT2D eigenvalue weighted by Crippen LogP contribution is -2.05. The first-order valence-electron chi connectivity index (χ1n) is 8.42. The molecule has 0 bridgehead atoms. The Labute approximate surface area is 163 Å². The van der Waals surface area contributed by atoms with Gasteiger partial charge < -0.3 is 16.0 Å². The number of carbonyl (C=O) groups excluding carboxylic acids is 1. The number of nitrogens with one attached hydrogen (secondary N) is 3. The summed E-state index contributed by atoms with van der Waals surface area (Å²) < 4.78 is 0. The van der Waals surface area contributed by atoms with Crippen molar-refractivity contribution >= 4 is 46.3 Å². The second kappa shape index (κ2) is 8.05. The Hall–Kier alpha value is -3.12. The lowest BCUT2D eigenvalue weighted by Gasteiger charge is -2.12. The van der Waals surface area contributed by atoms with E-state index in [4.69, 9.17) is 11.6 Å². The van der Waals surface area contributed by atoms with Crippen LogP contribution in [0.25, 0.3) is 0 Å². The standard InChI is InChI=1S/C20H20ClN5O/c1-12-4-5-15(21)11-18(12)25-20-22-13(2)10-19(26-20)24-17-8-6-16(7-9-17)23-14(3)27/h4-11H,1-3H3,(H,23,27)(H2,22,24,25,26). The first kappa shape index (κ1) is 18.7. The number of nitrogens with zero attached hydrogens (tertiary/aromatic N) is 2. The molecule has 3 aromatic rings. The summed E-state index contributed by atoms with van der Waals surface area (Å²) >= 11 is 6.08. The van der Waals surface area contributed by atoms with E-state index in [2.05, 4.69) is 25.9 Å². The van der Waals surface area contributed by atoms with Gasteiger partial charge in [0, 0.05) is 40.8 Å². The molecule has 1 aromatic heterocycles. The number of halogens is 1. The van der Waals surface area contributed by atoms with Crippen LogP contribution < -0.4 is 16.0 Å². The average molecular weight is 382 g/mol. The zero-order chi connectivity index (χ0) is 19.4. The minimum absolute atomic E-state index is 0.103. The zero-order valence-electron chi connectivity index (χ0n) is 15.3. The molecule has 6 nitrogen and oxygen atoms in total. The number of carbonyl (C=O) groups is 1. The molecule has 0 aliphatic carbocycles. The number of aryl methyl sites for hydroxylation is 2. The van der Waals surface area contributed by atoms with Gasteiger partial charge in [0.25, 0.3) is 0 Å². The smallest absolute Gasteiger partial charge is 0.229 e. The summed E-state index contributed by atoms with van der Waals surface area (Å²) in [6, 6.07) is 14.9. The predicted molar refractivity (Wildman–Crippen MR) is 110 cm³/mol. The third kappa shape index (κ3) is 5.18. The second-order valence-electron chi connectivity index (χ2n) is 6.19. The molecule has 0 fully saturated rings. The van der Waals surface area contributed by atoms with Crippen molar-refractivity contribution < 1.29 is 4.79 Å². The Bertz CT molecular complexity index is 973. The maximum atomic E-state index is 11.1. The highest BCUT2D eigenvalue weighted by Crippen LogP contribution is 2.24. The Morgan fingerprint density at radius 3 is 2.33 bits per heavy atom. The van der Waals surface area contributed by atoms with Crippen molar-refractivity contribution in [3.8, 4) is 0 Å². The molecule has 0 radical (unpaired) electrons. The largest absolute Gasteiger partial charge is 0.340 e. The van der Waals surface area contributed by atoms with Crippen molar-refractivity contribution in [2.24, 2.45) is 0 Å². The average Bonchev–Trinajstić information content (AvgIpc) is 2.59. The van der Waals surface area contributed by atoms with Crippen molar-refractivity contribution in [3.63, 3.8) is 0 Å². The van der Waals surface area contributed by atoms with Crippen molar-refractivity contribution in [3.05, 3.63) is 64.8 Å². The number of rotatable bonds is 5. The molecule has 3 rings (SSSR count). The second-order valence-corrected chi connectivity index (χ2v) is 6.62. The van der Waals surface area contributed by atoms with Crippen LogP contribution in [-0.4, -0.2) is 15.9 Å². The SMILES string of the molecule is CC(=O)Nc1ccc(Nc2cc(C)nc(Nc3cc(Cl)ccc3C)n2)cc1. The van der Waals surface area contributed by atoms with Crippen LogP contribution >= 0.6 is 11.6 Å². The van der Waals surface area contributed by atoms with E-state index in [1.807, 2.05) is 62.4 Å². The Kier molecular flexibility index (Phi) is 5.57. The highest BCUT2D eigenvalue weighted by molar-refractivity contribution is 6.30. The van der Waals surface area contributed by atoms with E-state index in [0.29, 0.717) is 16.8 Å². The third-order valence-electron chi connectivity index (χ3n) is 3.78. The van der Waals surface area contributed by atoms with Gasteiger partial charge in [-0.05, 0) is 55.8 Å². The molecule has 0 atom stereocenters. The molecule has 1 heterocycles. The maximum Gasteiger partial charge on any atom is 0.229 e. The number of anilines is 5. The van der Waals surface area contributed by atoms with Gasteiger partial charge in [-0.15, -0.1) is 0 Å². The molecule has 0 aliphatic heterocycles. The van der Waals surface area contributed by atoms with Crippen LogP contribution in [0.3, 0.4) is 0 Å². The van der Waals surface area contributed by atoms with Gasteiger partial charge in [-0.3, -0.25) is 4.79 Å². The number of hydrogen-bond donors (Lipinski definition) is 3. The normalized spacial score (nSPS) is 10.4. The fraction of sp³-hybridized carbons (Fsp3) is 0.150. The fourth-order valence-electron chi connectivity index (χ4n) is 2.53. The summed E-state index contributed by atoms with van der Waals surface area (Å²) in [5.41, 5.74) is 4.33. The molecule has 3 N–H and O–H groups in total. The van der Waals surface area contributed by atoms with Crippen LogP contribution in [0, 0.1) is 13.8 Å². The first-order valence-corrected chi connectivity index (χ1v) is 8.80. The molecule has 7 heteroatoms. The monoisotopic (exact) mass is 381 g/mol. The minimum Gasteiger partial charge on any atom is -0.340 e. The van der Waals surface area contributed by atoms with Gasteiger partial charge in [0.2, 0.25) is 11.9 Å². The van der Waals surface area contributed by atoms with E-state index < -0.39 is 0 Å². The van der Waals surface area contributed by atoms with Gasteiger partial charge >= 0.3 is 0 Å². The fourth-order valence-corrected chi connectivity index (χ4v) is 2.70. The maximum absolute atomic E-state index is 11.1. The van der Waals surface area contributed by atoms with E-state index in [0.717, 1.165) is 28.3 Å². The molecule has 0 spiro atoms. The molecule has 0 unspecified atom stereocenters. The Balaban J connectivity index is 1.79. The van der Waals surface area contributed by atoms with Gasteiger partial charge in [-0.2, -0.15) is 4.98 Å². The number of amides is 1. The van der Waals surface area contributed by atoms with Crippen molar-refractivity contribution in [2.45, 2.75) is 20.8 Å². The summed E-state index contributed by atoms with van der Waals surface area (Å²) in [5, 5.41) is 9.85. The minimum atomic E-state index is -0.103. The van der Waals surface area contributed by atoms with Crippen LogP contribution in [0.5, 0.6) is 0 Å². The molecule has 0 saturated carbocycles. The zero-order valence-corrected chi connectivity index (χ0v) is 16.1. The van der Waals surface area contributed by atoms with E-state index in [-0.39, 0.29) is 5.91 Å². The number of benzene rings is 2. The van der Waals surface area contributed by atoms with E-state index in [9.17, 15) is 4.79 Å². The quantitative estimate of drug-likeness (QED) is 0.566. The molecule has 0 aliphatic rings. The molecule has 138 valence electrons. The van der Waals surface area contributed by atoms with E-state index in [1.165, 1.54) is 6.92 Å². The van der Waals surface area contributed by atoms with Gasteiger partial charge in [0.1, 0.15) is 5.82 Å². The lowest BCUT2D eigenvalue weighted by atomic mass is 10.2. The molecule has 0 saturated heterocycles. The molecular formula is C20H20ClN5O. The summed E-state index contributed by atoms with van der Waals surface area (Å²) in [6.45, 7) is 5.37. The highest BCUT2D eigenvalue weighted by atomic mass is 35.5. The van der Waals surface area contributed by atoms with Gasteiger partial charge in [-0.1, -0.05) is 17.7 Å². The van der Waals surface area contributed by atoms with Gasteiger partial charge in [0.05, 0.1) is 0 Å². The Morgan fingerprint density at radius 2 is 1.63 bits per heavy atom. The first-order chi connectivity index (χ1) is 12.9. The van der Waals surface area contributed by atoms with Gasteiger partial charge in [0.15, 0.2) is 0 Å². The van der Waals surface area contributed by atoms with Crippen molar-refractivity contribution in [1.82, 2.24) is 9.97 Å². The topological polar surface area (TPSA) is 78.9 Å². The highest BCUT2D eigenvalue weighted by Gasteiger charge is 2.06. The van der Waals surface area contributed by atoms with Crippen molar-refractivity contribution in [1.29, 1.82) is 0 Å². The molecular weight excluding hydrogens is 362 g/mol. The van der Waals surface area contributed by atoms with E-state index in [1.54, 1.807) is 0 Å². The van der Waals surface area contributed by atoms with Crippen LogP contribution in [0.2, 0.25) is 5.02 Å². The van der Waals surface area contributed by atoms with Crippen LogP contribution in [0.15, 0.2) is 48.5 Å². The third-order valence-corrected chi connectivity index (χ3v) is 4.01. The van der Waals surface area contributed by atoms with Crippen molar-refractivity contribution in [2.75, 3.05) is 16.0 Å². The molecule has 1 amide bonds. The lowest BCUT2D eigenvalue weighted by molar-refractivity contribution is -0.114. The van der Waals surface area contributed by atoms with Crippen LogP contribution in [0.1, 0.15) is 18.2 Å². The van der Waals surface area contributed by atoms with Crippen LogP contribution in [0.4, 0.5) is 28.8 Å². The Morgan fingerprint density at radius 1 is 0.926 bits per heavy atom. The summed E-state index contributed by atoms with van der Waals surface area (Å²) in [7, 11) is 0. The van der Waals surface area contributed by atoms with Gasteiger partial charge in [-0.25, -0.2) is 4.98 Å². The summed E-state index contributed by atoms with van der Waals surface area (Å²) in [4.78, 5) is 20.1. The van der Waals surface area contributed by atoms with E-state index >= 15 is 0 Å².